The van der Waals surface area contributed by atoms with Gasteiger partial charge < -0.3 is 16.0 Å². The van der Waals surface area contributed by atoms with Gasteiger partial charge in [0.15, 0.2) is 0 Å². The molecule has 1 aliphatic carbocycles. The Morgan fingerprint density at radius 2 is 1.73 bits per heavy atom. The summed E-state index contributed by atoms with van der Waals surface area (Å²) in [5.41, 5.74) is 1.52. The molecule has 3 aromatic rings. The van der Waals surface area contributed by atoms with Crippen LogP contribution in [0.3, 0.4) is 0 Å². The van der Waals surface area contributed by atoms with Crippen molar-refractivity contribution < 1.29 is 14.4 Å². The van der Waals surface area contributed by atoms with Crippen molar-refractivity contribution in [3.63, 3.8) is 0 Å². The summed E-state index contributed by atoms with van der Waals surface area (Å²) in [4.78, 5) is 38.1. The van der Waals surface area contributed by atoms with Crippen LogP contribution in [-0.4, -0.2) is 23.8 Å². The van der Waals surface area contributed by atoms with Crippen molar-refractivity contribution in [1.29, 1.82) is 0 Å². The molecular formula is C22H18ClN3O3S. The van der Waals surface area contributed by atoms with E-state index in [0.29, 0.717) is 26.8 Å². The first kappa shape index (κ1) is 20.1. The summed E-state index contributed by atoms with van der Waals surface area (Å²) in [5, 5.41) is 10.6. The third-order valence-corrected chi connectivity index (χ3v) is 5.62. The number of nitrogens with one attached hydrogen (secondary N) is 3. The number of carbonyl (C=O) groups excluding carboxylic acids is 3. The van der Waals surface area contributed by atoms with Gasteiger partial charge in [-0.2, -0.15) is 0 Å². The molecule has 1 aliphatic rings. The van der Waals surface area contributed by atoms with Crippen molar-refractivity contribution in [1.82, 2.24) is 5.32 Å². The van der Waals surface area contributed by atoms with E-state index in [9.17, 15) is 14.4 Å². The Bertz CT molecular complexity index is 1110. The second-order valence-electron chi connectivity index (χ2n) is 6.90. The van der Waals surface area contributed by atoms with E-state index in [1.54, 1.807) is 53.9 Å². The molecule has 0 radical (unpaired) electrons. The molecule has 0 bridgehead atoms. The maximum atomic E-state index is 12.9. The van der Waals surface area contributed by atoms with Crippen LogP contribution in [0, 0.1) is 0 Å². The average Bonchev–Trinajstić information content (AvgIpc) is 3.36. The van der Waals surface area contributed by atoms with Crippen molar-refractivity contribution in [2.24, 2.45) is 0 Å². The van der Waals surface area contributed by atoms with Gasteiger partial charge in [-0.3, -0.25) is 14.4 Å². The molecule has 0 spiro atoms. The van der Waals surface area contributed by atoms with Gasteiger partial charge in [0.25, 0.3) is 17.7 Å². The fourth-order valence-electron chi connectivity index (χ4n) is 2.84. The molecule has 8 heteroatoms. The van der Waals surface area contributed by atoms with Crippen LogP contribution in [0.1, 0.15) is 43.2 Å². The highest BCUT2D eigenvalue weighted by Gasteiger charge is 2.24. The predicted molar refractivity (Wildman–Crippen MR) is 119 cm³/mol. The molecule has 152 valence electrons. The van der Waals surface area contributed by atoms with Gasteiger partial charge in [0.2, 0.25) is 0 Å². The maximum absolute atomic E-state index is 12.9. The van der Waals surface area contributed by atoms with Crippen LogP contribution in [0.2, 0.25) is 5.02 Å². The number of hydrogen-bond donors (Lipinski definition) is 3. The molecule has 1 fully saturated rings. The number of benzene rings is 2. The second kappa shape index (κ2) is 8.69. The van der Waals surface area contributed by atoms with Gasteiger partial charge in [0.05, 0.1) is 16.1 Å². The van der Waals surface area contributed by atoms with Gasteiger partial charge in [-0.15, -0.1) is 11.3 Å². The number of amides is 3. The molecule has 30 heavy (non-hydrogen) atoms. The lowest BCUT2D eigenvalue weighted by molar-refractivity contribution is 0.0948. The van der Waals surface area contributed by atoms with Crippen LogP contribution in [0.5, 0.6) is 0 Å². The maximum Gasteiger partial charge on any atom is 0.265 e. The zero-order valence-corrected chi connectivity index (χ0v) is 17.3. The minimum Gasteiger partial charge on any atom is -0.349 e. The molecule has 1 aromatic heterocycles. The number of halogens is 1. The molecule has 2 aromatic carbocycles. The molecule has 0 unspecified atom stereocenters. The Hall–Kier alpha value is -3.16. The molecule has 1 saturated carbocycles. The third-order valence-electron chi connectivity index (χ3n) is 4.51. The summed E-state index contributed by atoms with van der Waals surface area (Å²) in [6, 6.07) is 15.1. The van der Waals surface area contributed by atoms with Crippen molar-refractivity contribution in [2.75, 3.05) is 10.6 Å². The first-order chi connectivity index (χ1) is 14.5. The van der Waals surface area contributed by atoms with Crippen LogP contribution in [0.4, 0.5) is 11.4 Å². The van der Waals surface area contributed by atoms with E-state index < -0.39 is 5.91 Å². The number of anilines is 2. The van der Waals surface area contributed by atoms with E-state index in [1.165, 1.54) is 17.4 Å². The lowest BCUT2D eigenvalue weighted by Gasteiger charge is -2.12. The quantitative estimate of drug-likeness (QED) is 0.515. The SMILES string of the molecule is O=C(NC1CC1)c1cccc(NC(=O)c2ccc(Cl)cc2NC(=O)c2cccs2)c1. The lowest BCUT2D eigenvalue weighted by Crippen LogP contribution is -2.25. The fourth-order valence-corrected chi connectivity index (χ4v) is 3.63. The van der Waals surface area contributed by atoms with Crippen molar-refractivity contribution in [3.8, 4) is 0 Å². The zero-order chi connectivity index (χ0) is 21.1. The van der Waals surface area contributed by atoms with Gasteiger partial charge in [0.1, 0.15) is 0 Å². The summed E-state index contributed by atoms with van der Waals surface area (Å²) in [5.74, 6) is -0.906. The van der Waals surface area contributed by atoms with Gasteiger partial charge in [-0.05, 0) is 60.7 Å². The Morgan fingerprint density at radius 3 is 2.47 bits per heavy atom. The summed E-state index contributed by atoms with van der Waals surface area (Å²) < 4.78 is 0. The number of rotatable bonds is 6. The van der Waals surface area contributed by atoms with E-state index in [-0.39, 0.29) is 23.4 Å². The van der Waals surface area contributed by atoms with E-state index in [1.807, 2.05) is 0 Å². The third kappa shape index (κ3) is 4.87. The largest absolute Gasteiger partial charge is 0.349 e. The fraction of sp³-hybridized carbons (Fsp3) is 0.136. The summed E-state index contributed by atoms with van der Waals surface area (Å²) in [6.07, 6.45) is 2.00. The highest BCUT2D eigenvalue weighted by atomic mass is 35.5. The molecule has 0 saturated heterocycles. The van der Waals surface area contributed by atoms with Gasteiger partial charge >= 0.3 is 0 Å². The molecule has 3 amide bonds. The predicted octanol–water partition coefficient (Wildman–Crippen LogP) is 4.80. The van der Waals surface area contributed by atoms with Crippen LogP contribution in [0.15, 0.2) is 60.0 Å². The van der Waals surface area contributed by atoms with E-state index in [2.05, 4.69) is 16.0 Å². The highest BCUT2D eigenvalue weighted by molar-refractivity contribution is 7.12. The van der Waals surface area contributed by atoms with Crippen molar-refractivity contribution in [3.05, 3.63) is 81.0 Å². The minimum atomic E-state index is -0.423. The molecule has 0 atom stereocenters. The lowest BCUT2D eigenvalue weighted by atomic mass is 10.1. The smallest absolute Gasteiger partial charge is 0.265 e. The Morgan fingerprint density at radius 1 is 0.900 bits per heavy atom. The molecule has 6 nitrogen and oxygen atoms in total. The van der Waals surface area contributed by atoms with E-state index in [4.69, 9.17) is 11.6 Å². The van der Waals surface area contributed by atoms with E-state index in [0.717, 1.165) is 12.8 Å². The minimum absolute atomic E-state index is 0.163. The highest BCUT2D eigenvalue weighted by Crippen LogP contribution is 2.24. The zero-order valence-electron chi connectivity index (χ0n) is 15.8. The van der Waals surface area contributed by atoms with Crippen molar-refractivity contribution >= 4 is 52.0 Å². The standard InChI is InChI=1S/C22H18ClN3O3S/c23-14-6-9-17(18(12-14)26-22(29)19-5-2-10-30-19)21(28)25-16-4-1-3-13(11-16)20(27)24-15-7-8-15/h1-6,9-12,15H,7-8H2,(H,24,27)(H,25,28)(H,26,29). The normalized spacial score (nSPS) is 12.8. The van der Waals surface area contributed by atoms with Gasteiger partial charge in [-0.1, -0.05) is 23.7 Å². The molecular weight excluding hydrogens is 422 g/mol. The average molecular weight is 440 g/mol. The molecule has 3 N–H and O–H groups in total. The van der Waals surface area contributed by atoms with Crippen LogP contribution >= 0.6 is 22.9 Å². The number of thiophene rings is 1. The Balaban J connectivity index is 1.52. The second-order valence-corrected chi connectivity index (χ2v) is 8.29. The van der Waals surface area contributed by atoms with Crippen molar-refractivity contribution in [2.45, 2.75) is 18.9 Å². The Labute approximate surface area is 182 Å². The summed E-state index contributed by atoms with van der Waals surface area (Å²) in [6.45, 7) is 0. The monoisotopic (exact) mass is 439 g/mol. The van der Waals surface area contributed by atoms with Crippen LogP contribution in [-0.2, 0) is 0 Å². The Kier molecular flexibility index (Phi) is 5.83. The van der Waals surface area contributed by atoms with Gasteiger partial charge in [-0.25, -0.2) is 0 Å². The van der Waals surface area contributed by atoms with Gasteiger partial charge in [0, 0.05) is 22.3 Å². The summed E-state index contributed by atoms with van der Waals surface area (Å²) in [7, 11) is 0. The van der Waals surface area contributed by atoms with Crippen LogP contribution < -0.4 is 16.0 Å². The first-order valence-corrected chi connectivity index (χ1v) is 10.6. The number of hydrogen-bond acceptors (Lipinski definition) is 4. The number of carbonyl (C=O) groups is 3. The molecule has 4 rings (SSSR count). The van der Waals surface area contributed by atoms with Crippen LogP contribution in [0.25, 0.3) is 0 Å². The first-order valence-electron chi connectivity index (χ1n) is 9.36. The van der Waals surface area contributed by atoms with E-state index >= 15 is 0 Å². The topological polar surface area (TPSA) is 87.3 Å². The summed E-state index contributed by atoms with van der Waals surface area (Å²) >= 11 is 7.37. The molecule has 1 heterocycles. The molecule has 0 aliphatic heterocycles.